The van der Waals surface area contributed by atoms with Gasteiger partial charge < -0.3 is 10.2 Å². The third kappa shape index (κ3) is 3.59. The lowest BCUT2D eigenvalue weighted by atomic mass is 10.1. The second kappa shape index (κ2) is 6.52. The highest BCUT2D eigenvalue weighted by Gasteiger charge is 2.12. The van der Waals surface area contributed by atoms with Crippen LogP contribution in [-0.4, -0.2) is 13.1 Å². The van der Waals surface area contributed by atoms with Crippen LogP contribution in [0.5, 0.6) is 0 Å². The van der Waals surface area contributed by atoms with Gasteiger partial charge in [-0.05, 0) is 61.7 Å². The van der Waals surface area contributed by atoms with Crippen molar-refractivity contribution in [3.05, 3.63) is 58.6 Å². The van der Waals surface area contributed by atoms with Crippen LogP contribution in [0.3, 0.4) is 0 Å². The van der Waals surface area contributed by atoms with E-state index in [4.69, 9.17) is 0 Å². The molecule has 0 bridgehead atoms. The first-order valence-corrected chi connectivity index (χ1v) is 8.39. The molecular weight excluding hydrogens is 324 g/mol. The SMILES string of the molecule is CC(Nc1ccc(N2CCCC2)cc1)c1ccc(Br)cc1. The van der Waals surface area contributed by atoms with Crippen molar-refractivity contribution >= 4 is 27.3 Å². The Hall–Kier alpha value is -1.48. The largest absolute Gasteiger partial charge is 0.379 e. The number of halogens is 1. The molecule has 2 aromatic rings. The summed E-state index contributed by atoms with van der Waals surface area (Å²) in [6.07, 6.45) is 2.64. The van der Waals surface area contributed by atoms with Crippen molar-refractivity contribution in [2.24, 2.45) is 0 Å². The van der Waals surface area contributed by atoms with Crippen LogP contribution in [0.25, 0.3) is 0 Å². The first kappa shape index (κ1) is 14.5. The number of benzene rings is 2. The van der Waals surface area contributed by atoms with Crippen molar-refractivity contribution in [3.63, 3.8) is 0 Å². The van der Waals surface area contributed by atoms with Crippen LogP contribution in [-0.2, 0) is 0 Å². The van der Waals surface area contributed by atoms with E-state index in [9.17, 15) is 0 Å². The van der Waals surface area contributed by atoms with Gasteiger partial charge in [-0.3, -0.25) is 0 Å². The van der Waals surface area contributed by atoms with Crippen LogP contribution in [0.15, 0.2) is 53.0 Å². The normalized spacial score (nSPS) is 16.0. The minimum absolute atomic E-state index is 0.302. The fourth-order valence-corrected chi connectivity index (χ4v) is 3.09. The van der Waals surface area contributed by atoms with Gasteiger partial charge in [-0.1, -0.05) is 28.1 Å². The number of anilines is 2. The predicted molar refractivity (Wildman–Crippen MR) is 94.1 cm³/mol. The Bertz CT molecular complexity index is 571. The Morgan fingerprint density at radius 1 is 0.952 bits per heavy atom. The maximum Gasteiger partial charge on any atom is 0.0485 e. The average molecular weight is 345 g/mol. The molecule has 2 nitrogen and oxygen atoms in total. The van der Waals surface area contributed by atoms with E-state index in [0.29, 0.717) is 6.04 Å². The summed E-state index contributed by atoms with van der Waals surface area (Å²) in [6, 6.07) is 17.6. The van der Waals surface area contributed by atoms with Crippen molar-refractivity contribution in [2.45, 2.75) is 25.8 Å². The topological polar surface area (TPSA) is 15.3 Å². The van der Waals surface area contributed by atoms with Gasteiger partial charge in [0.05, 0.1) is 0 Å². The quantitative estimate of drug-likeness (QED) is 0.817. The van der Waals surface area contributed by atoms with E-state index in [2.05, 4.69) is 81.6 Å². The van der Waals surface area contributed by atoms with E-state index >= 15 is 0 Å². The van der Waals surface area contributed by atoms with Gasteiger partial charge in [0.15, 0.2) is 0 Å². The summed E-state index contributed by atoms with van der Waals surface area (Å²) < 4.78 is 1.12. The predicted octanol–water partition coefficient (Wildman–Crippen LogP) is 5.22. The van der Waals surface area contributed by atoms with Crippen LogP contribution in [0.4, 0.5) is 11.4 Å². The molecular formula is C18H21BrN2. The first-order valence-electron chi connectivity index (χ1n) is 7.59. The molecule has 1 N–H and O–H groups in total. The van der Waals surface area contributed by atoms with Crippen LogP contribution in [0.2, 0.25) is 0 Å². The molecule has 1 fully saturated rings. The van der Waals surface area contributed by atoms with Crippen LogP contribution >= 0.6 is 15.9 Å². The van der Waals surface area contributed by atoms with Gasteiger partial charge in [0.2, 0.25) is 0 Å². The van der Waals surface area contributed by atoms with Crippen LogP contribution in [0, 0.1) is 0 Å². The zero-order valence-corrected chi connectivity index (χ0v) is 13.9. The van der Waals surface area contributed by atoms with Crippen molar-refractivity contribution < 1.29 is 0 Å². The van der Waals surface area contributed by atoms with Gasteiger partial charge in [-0.15, -0.1) is 0 Å². The van der Waals surface area contributed by atoms with E-state index in [0.717, 1.165) is 4.47 Å². The van der Waals surface area contributed by atoms with Crippen molar-refractivity contribution in [1.29, 1.82) is 0 Å². The Morgan fingerprint density at radius 2 is 1.57 bits per heavy atom. The van der Waals surface area contributed by atoms with Crippen molar-refractivity contribution in [3.8, 4) is 0 Å². The molecule has 1 atom stereocenters. The molecule has 1 aliphatic heterocycles. The fraction of sp³-hybridized carbons (Fsp3) is 0.333. The third-order valence-electron chi connectivity index (χ3n) is 4.09. The molecule has 0 aromatic heterocycles. The minimum Gasteiger partial charge on any atom is -0.379 e. The molecule has 3 heteroatoms. The Morgan fingerprint density at radius 3 is 2.19 bits per heavy atom. The smallest absolute Gasteiger partial charge is 0.0485 e. The Balaban J connectivity index is 1.65. The highest BCUT2D eigenvalue weighted by Crippen LogP contribution is 2.25. The number of rotatable bonds is 4. The van der Waals surface area contributed by atoms with Gasteiger partial charge in [0.1, 0.15) is 0 Å². The lowest BCUT2D eigenvalue weighted by Gasteiger charge is -2.19. The molecule has 110 valence electrons. The molecule has 1 aliphatic rings. The van der Waals surface area contributed by atoms with Gasteiger partial charge in [0.25, 0.3) is 0 Å². The van der Waals surface area contributed by atoms with Gasteiger partial charge in [-0.25, -0.2) is 0 Å². The van der Waals surface area contributed by atoms with Gasteiger partial charge in [0, 0.05) is 35.0 Å². The number of hydrogen-bond acceptors (Lipinski definition) is 2. The summed E-state index contributed by atoms with van der Waals surface area (Å²) in [6.45, 7) is 4.59. The molecule has 0 radical (unpaired) electrons. The van der Waals surface area contributed by atoms with E-state index in [1.807, 2.05) is 0 Å². The van der Waals surface area contributed by atoms with E-state index in [-0.39, 0.29) is 0 Å². The maximum absolute atomic E-state index is 3.56. The second-order valence-electron chi connectivity index (χ2n) is 5.66. The van der Waals surface area contributed by atoms with Crippen molar-refractivity contribution in [2.75, 3.05) is 23.3 Å². The summed E-state index contributed by atoms with van der Waals surface area (Å²) in [5.74, 6) is 0. The molecule has 21 heavy (non-hydrogen) atoms. The van der Waals surface area contributed by atoms with Crippen LogP contribution in [0.1, 0.15) is 31.4 Å². The molecule has 0 aliphatic carbocycles. The Labute approximate surface area is 135 Å². The number of hydrogen-bond donors (Lipinski definition) is 1. The molecule has 2 aromatic carbocycles. The van der Waals surface area contributed by atoms with E-state index in [1.54, 1.807) is 0 Å². The summed E-state index contributed by atoms with van der Waals surface area (Å²) in [5, 5.41) is 3.56. The molecule has 3 rings (SSSR count). The molecule has 1 unspecified atom stereocenters. The first-order chi connectivity index (χ1) is 10.2. The second-order valence-corrected chi connectivity index (χ2v) is 6.57. The third-order valence-corrected chi connectivity index (χ3v) is 4.62. The highest BCUT2D eigenvalue weighted by molar-refractivity contribution is 9.10. The molecule has 0 spiro atoms. The zero-order valence-electron chi connectivity index (χ0n) is 12.3. The molecule has 0 amide bonds. The summed E-state index contributed by atoms with van der Waals surface area (Å²) >= 11 is 3.48. The average Bonchev–Trinajstić information content (AvgIpc) is 3.03. The fourth-order valence-electron chi connectivity index (χ4n) is 2.83. The van der Waals surface area contributed by atoms with Crippen LogP contribution < -0.4 is 10.2 Å². The maximum atomic E-state index is 3.56. The summed E-state index contributed by atoms with van der Waals surface area (Å²) in [4.78, 5) is 2.46. The lowest BCUT2D eigenvalue weighted by molar-refractivity contribution is 0.884. The summed E-state index contributed by atoms with van der Waals surface area (Å²) in [5.41, 5.74) is 3.81. The monoisotopic (exact) mass is 344 g/mol. The standard InChI is InChI=1S/C18H21BrN2/c1-14(15-4-6-16(19)7-5-15)20-17-8-10-18(11-9-17)21-12-2-3-13-21/h4-11,14,20H,2-3,12-13H2,1H3. The van der Waals surface area contributed by atoms with Gasteiger partial charge in [-0.2, -0.15) is 0 Å². The minimum atomic E-state index is 0.302. The molecule has 1 heterocycles. The highest BCUT2D eigenvalue weighted by atomic mass is 79.9. The van der Waals surface area contributed by atoms with E-state index in [1.165, 1.54) is 42.9 Å². The number of nitrogens with one attached hydrogen (secondary N) is 1. The van der Waals surface area contributed by atoms with Crippen molar-refractivity contribution in [1.82, 2.24) is 0 Å². The molecule has 0 saturated carbocycles. The lowest BCUT2D eigenvalue weighted by Crippen LogP contribution is -2.17. The zero-order chi connectivity index (χ0) is 14.7. The Kier molecular flexibility index (Phi) is 4.49. The van der Waals surface area contributed by atoms with Gasteiger partial charge >= 0.3 is 0 Å². The number of nitrogens with zero attached hydrogens (tertiary/aromatic N) is 1. The van der Waals surface area contributed by atoms with E-state index < -0.39 is 0 Å². The molecule has 1 saturated heterocycles. The summed E-state index contributed by atoms with van der Waals surface area (Å²) in [7, 11) is 0.